The van der Waals surface area contributed by atoms with Crippen molar-refractivity contribution in [3.63, 3.8) is 0 Å². The van der Waals surface area contributed by atoms with Crippen LogP contribution in [-0.2, 0) is 0 Å². The summed E-state index contributed by atoms with van der Waals surface area (Å²) >= 11 is 1.60. The summed E-state index contributed by atoms with van der Waals surface area (Å²) in [4.78, 5) is 11.7. The lowest BCUT2D eigenvalue weighted by Crippen LogP contribution is -2.04. The van der Waals surface area contributed by atoms with Crippen molar-refractivity contribution in [1.29, 1.82) is 0 Å². The van der Waals surface area contributed by atoms with Crippen molar-refractivity contribution >= 4 is 17.1 Å². The summed E-state index contributed by atoms with van der Waals surface area (Å²) in [7, 11) is 0. The zero-order valence-corrected chi connectivity index (χ0v) is 8.48. The Hall–Kier alpha value is -0.630. The van der Waals surface area contributed by atoms with Gasteiger partial charge in [0.1, 0.15) is 0 Å². The van der Waals surface area contributed by atoms with Crippen molar-refractivity contribution in [3.05, 3.63) is 22.4 Å². The molecule has 0 N–H and O–H groups in total. The molecule has 1 nitrogen and oxygen atoms in total. The first-order valence-corrected chi connectivity index (χ1v) is 5.86. The quantitative estimate of drug-likeness (QED) is 0.673. The molecule has 0 radical (unpaired) electrons. The monoisotopic (exact) mass is 194 g/mol. The molecular formula is C11H14OS. The fourth-order valence-electron chi connectivity index (χ4n) is 2.02. The van der Waals surface area contributed by atoms with Crippen LogP contribution < -0.4 is 0 Å². The second-order valence-electron chi connectivity index (χ2n) is 3.79. The van der Waals surface area contributed by atoms with E-state index < -0.39 is 0 Å². The lowest BCUT2D eigenvalue weighted by Gasteiger charge is -2.05. The van der Waals surface area contributed by atoms with Gasteiger partial charge in [-0.25, -0.2) is 0 Å². The van der Waals surface area contributed by atoms with Crippen LogP contribution in [-0.4, -0.2) is 5.78 Å². The van der Waals surface area contributed by atoms with Gasteiger partial charge in [0.05, 0.1) is 0 Å². The van der Waals surface area contributed by atoms with Crippen molar-refractivity contribution in [2.75, 3.05) is 0 Å². The molecule has 1 saturated carbocycles. The number of ketones is 1. The summed E-state index contributed by atoms with van der Waals surface area (Å²) in [5, 5.41) is 3.93. The van der Waals surface area contributed by atoms with Crippen LogP contribution in [0, 0.1) is 5.92 Å². The summed E-state index contributed by atoms with van der Waals surface area (Å²) < 4.78 is 0. The van der Waals surface area contributed by atoms with Gasteiger partial charge in [-0.2, -0.15) is 11.3 Å². The van der Waals surface area contributed by atoms with Crippen LogP contribution in [0.25, 0.3) is 0 Å². The minimum atomic E-state index is 0.341. The maximum Gasteiger partial charge on any atom is 0.163 e. The lowest BCUT2D eigenvalue weighted by molar-refractivity contribution is 0.0962. The number of rotatable bonds is 3. The van der Waals surface area contributed by atoms with E-state index in [0.29, 0.717) is 11.7 Å². The first-order chi connectivity index (χ1) is 6.36. The van der Waals surface area contributed by atoms with Gasteiger partial charge < -0.3 is 0 Å². The van der Waals surface area contributed by atoms with E-state index in [0.717, 1.165) is 12.0 Å². The number of Topliss-reactive ketones (excluding diaryl/α,β-unsaturated/α-hetero) is 1. The van der Waals surface area contributed by atoms with E-state index in [1.807, 2.05) is 16.8 Å². The molecule has 1 aromatic heterocycles. The molecule has 0 amide bonds. The van der Waals surface area contributed by atoms with Gasteiger partial charge in [-0.05, 0) is 17.4 Å². The molecule has 1 fully saturated rings. The third-order valence-corrected chi connectivity index (χ3v) is 3.48. The molecule has 1 aliphatic carbocycles. The SMILES string of the molecule is O=C(CC1CCCC1)c1ccsc1. The summed E-state index contributed by atoms with van der Waals surface area (Å²) in [5.41, 5.74) is 0.914. The molecular weight excluding hydrogens is 180 g/mol. The van der Waals surface area contributed by atoms with Crippen LogP contribution in [0.1, 0.15) is 42.5 Å². The molecule has 2 heteroatoms. The van der Waals surface area contributed by atoms with Gasteiger partial charge in [0, 0.05) is 17.4 Å². The Morgan fingerprint density at radius 1 is 1.46 bits per heavy atom. The second-order valence-corrected chi connectivity index (χ2v) is 4.57. The normalized spacial score (nSPS) is 17.8. The van der Waals surface area contributed by atoms with Crippen molar-refractivity contribution in [3.8, 4) is 0 Å². The average Bonchev–Trinajstić information content (AvgIpc) is 2.74. The van der Waals surface area contributed by atoms with Crippen LogP contribution in [0.3, 0.4) is 0 Å². The van der Waals surface area contributed by atoms with Crippen LogP contribution in [0.5, 0.6) is 0 Å². The van der Waals surface area contributed by atoms with E-state index >= 15 is 0 Å². The standard InChI is InChI=1S/C11H14OS/c12-11(10-5-6-13-8-10)7-9-3-1-2-4-9/h5-6,8-9H,1-4,7H2. The van der Waals surface area contributed by atoms with Gasteiger partial charge in [-0.3, -0.25) is 4.79 Å². The molecule has 0 unspecified atom stereocenters. The van der Waals surface area contributed by atoms with Crippen LogP contribution >= 0.6 is 11.3 Å². The molecule has 70 valence electrons. The Morgan fingerprint density at radius 3 is 2.85 bits per heavy atom. The maximum absolute atomic E-state index is 11.7. The van der Waals surface area contributed by atoms with Crippen LogP contribution in [0.15, 0.2) is 16.8 Å². The number of carbonyl (C=O) groups is 1. The Kier molecular flexibility index (Phi) is 2.79. The highest BCUT2D eigenvalue weighted by atomic mass is 32.1. The third-order valence-electron chi connectivity index (χ3n) is 2.79. The molecule has 0 aromatic carbocycles. The largest absolute Gasteiger partial charge is 0.294 e. The van der Waals surface area contributed by atoms with E-state index in [1.165, 1.54) is 25.7 Å². The Morgan fingerprint density at radius 2 is 2.23 bits per heavy atom. The molecule has 0 bridgehead atoms. The summed E-state index contributed by atoms with van der Waals surface area (Å²) in [6, 6.07) is 1.93. The summed E-state index contributed by atoms with van der Waals surface area (Å²) in [6.45, 7) is 0. The Balaban J connectivity index is 1.91. The highest BCUT2D eigenvalue weighted by Gasteiger charge is 2.19. The van der Waals surface area contributed by atoms with E-state index in [2.05, 4.69) is 0 Å². The van der Waals surface area contributed by atoms with Crippen molar-refractivity contribution in [2.45, 2.75) is 32.1 Å². The fraction of sp³-hybridized carbons (Fsp3) is 0.545. The summed E-state index contributed by atoms with van der Waals surface area (Å²) in [5.74, 6) is 1.01. The second kappa shape index (κ2) is 4.05. The zero-order valence-electron chi connectivity index (χ0n) is 7.66. The fourth-order valence-corrected chi connectivity index (χ4v) is 2.68. The third kappa shape index (κ3) is 2.19. The number of thiophene rings is 1. The van der Waals surface area contributed by atoms with E-state index in [4.69, 9.17) is 0 Å². The predicted octanol–water partition coefficient (Wildman–Crippen LogP) is 3.51. The molecule has 1 heterocycles. The van der Waals surface area contributed by atoms with Crippen molar-refractivity contribution in [2.24, 2.45) is 5.92 Å². The van der Waals surface area contributed by atoms with E-state index in [-0.39, 0.29) is 0 Å². The van der Waals surface area contributed by atoms with Gasteiger partial charge in [0.25, 0.3) is 0 Å². The molecule has 1 aromatic rings. The first-order valence-electron chi connectivity index (χ1n) is 4.91. The van der Waals surface area contributed by atoms with Gasteiger partial charge in [0.15, 0.2) is 5.78 Å². The summed E-state index contributed by atoms with van der Waals surface area (Å²) in [6.07, 6.45) is 5.94. The van der Waals surface area contributed by atoms with Crippen molar-refractivity contribution < 1.29 is 4.79 Å². The number of carbonyl (C=O) groups excluding carboxylic acids is 1. The smallest absolute Gasteiger partial charge is 0.163 e. The minimum absolute atomic E-state index is 0.341. The topological polar surface area (TPSA) is 17.1 Å². The minimum Gasteiger partial charge on any atom is -0.294 e. The Labute approximate surface area is 82.8 Å². The molecule has 0 atom stereocenters. The average molecular weight is 194 g/mol. The Bertz CT molecular complexity index is 270. The zero-order chi connectivity index (χ0) is 9.10. The first kappa shape index (κ1) is 8.95. The molecule has 0 spiro atoms. The van der Waals surface area contributed by atoms with Gasteiger partial charge in [0.2, 0.25) is 0 Å². The maximum atomic E-state index is 11.7. The van der Waals surface area contributed by atoms with Crippen LogP contribution in [0.4, 0.5) is 0 Å². The van der Waals surface area contributed by atoms with E-state index in [1.54, 1.807) is 11.3 Å². The highest BCUT2D eigenvalue weighted by Crippen LogP contribution is 2.28. The van der Waals surface area contributed by atoms with Gasteiger partial charge >= 0.3 is 0 Å². The van der Waals surface area contributed by atoms with Gasteiger partial charge in [-0.15, -0.1) is 0 Å². The van der Waals surface area contributed by atoms with Gasteiger partial charge in [-0.1, -0.05) is 25.7 Å². The molecule has 0 saturated heterocycles. The number of hydrogen-bond acceptors (Lipinski definition) is 2. The van der Waals surface area contributed by atoms with Crippen LogP contribution in [0.2, 0.25) is 0 Å². The molecule has 0 aliphatic heterocycles. The predicted molar refractivity (Wildman–Crippen MR) is 55.2 cm³/mol. The highest BCUT2D eigenvalue weighted by molar-refractivity contribution is 7.08. The molecule has 2 rings (SSSR count). The van der Waals surface area contributed by atoms with Crippen molar-refractivity contribution in [1.82, 2.24) is 0 Å². The molecule has 1 aliphatic rings. The number of hydrogen-bond donors (Lipinski definition) is 0. The lowest BCUT2D eigenvalue weighted by atomic mass is 9.98. The molecule has 13 heavy (non-hydrogen) atoms. The van der Waals surface area contributed by atoms with E-state index in [9.17, 15) is 4.79 Å².